The van der Waals surface area contributed by atoms with Gasteiger partial charge in [-0.05, 0) is 32.9 Å². The molecule has 0 spiro atoms. The van der Waals surface area contributed by atoms with Gasteiger partial charge in [0.15, 0.2) is 11.5 Å². The highest BCUT2D eigenvalue weighted by Crippen LogP contribution is 2.40. The van der Waals surface area contributed by atoms with E-state index in [1.54, 1.807) is 38.1 Å². The first-order valence-corrected chi connectivity index (χ1v) is 8.72. The number of benzene rings is 2. The molecular formula is C21H26N2O5. The van der Waals surface area contributed by atoms with Gasteiger partial charge in [0.1, 0.15) is 5.41 Å². The van der Waals surface area contributed by atoms with Crippen LogP contribution in [0.4, 0.5) is 11.4 Å². The van der Waals surface area contributed by atoms with Gasteiger partial charge < -0.3 is 24.8 Å². The number of carbonyl (C=O) groups is 2. The minimum Gasteiger partial charge on any atom is -0.493 e. The fraction of sp³-hybridized carbons (Fsp3) is 0.333. The second-order valence-corrected chi connectivity index (χ2v) is 6.81. The fourth-order valence-corrected chi connectivity index (χ4v) is 2.47. The highest BCUT2D eigenvalue weighted by atomic mass is 16.5. The Morgan fingerprint density at radius 1 is 0.786 bits per heavy atom. The molecule has 0 aromatic heterocycles. The Hall–Kier alpha value is -3.22. The van der Waals surface area contributed by atoms with Gasteiger partial charge in [0.05, 0.1) is 21.3 Å². The number of nitrogens with one attached hydrogen (secondary N) is 2. The van der Waals surface area contributed by atoms with Crippen molar-refractivity contribution >= 4 is 23.2 Å². The molecular weight excluding hydrogens is 360 g/mol. The van der Waals surface area contributed by atoms with E-state index in [-0.39, 0.29) is 0 Å². The van der Waals surface area contributed by atoms with Crippen molar-refractivity contribution in [2.24, 2.45) is 5.41 Å². The lowest BCUT2D eigenvalue weighted by atomic mass is 9.90. The molecule has 2 amide bonds. The van der Waals surface area contributed by atoms with Gasteiger partial charge >= 0.3 is 0 Å². The molecule has 28 heavy (non-hydrogen) atoms. The summed E-state index contributed by atoms with van der Waals surface area (Å²) in [5, 5.41) is 5.51. The Bertz CT molecular complexity index is 835. The van der Waals surface area contributed by atoms with Crippen LogP contribution < -0.4 is 24.8 Å². The number of amides is 2. The number of anilines is 2. The number of ether oxygens (including phenoxy) is 3. The van der Waals surface area contributed by atoms with E-state index < -0.39 is 17.2 Å². The Morgan fingerprint density at radius 2 is 1.25 bits per heavy atom. The van der Waals surface area contributed by atoms with Crippen molar-refractivity contribution in [3.63, 3.8) is 0 Å². The second-order valence-electron chi connectivity index (χ2n) is 6.81. The molecule has 0 atom stereocenters. The smallest absolute Gasteiger partial charge is 0.239 e. The molecule has 2 aromatic carbocycles. The number of hydrogen-bond acceptors (Lipinski definition) is 5. The number of methoxy groups -OCH3 is 3. The fourth-order valence-electron chi connectivity index (χ4n) is 2.47. The van der Waals surface area contributed by atoms with Crippen LogP contribution in [0.25, 0.3) is 0 Å². The van der Waals surface area contributed by atoms with Crippen molar-refractivity contribution in [2.75, 3.05) is 32.0 Å². The summed E-state index contributed by atoms with van der Waals surface area (Å²) in [6.07, 6.45) is 0. The highest BCUT2D eigenvalue weighted by molar-refractivity contribution is 6.14. The van der Waals surface area contributed by atoms with Crippen LogP contribution in [0.5, 0.6) is 17.2 Å². The molecule has 0 heterocycles. The van der Waals surface area contributed by atoms with Gasteiger partial charge in [-0.1, -0.05) is 17.7 Å². The van der Waals surface area contributed by atoms with Gasteiger partial charge in [-0.25, -0.2) is 0 Å². The number of rotatable bonds is 7. The molecule has 0 aliphatic heterocycles. The largest absolute Gasteiger partial charge is 0.493 e. The summed E-state index contributed by atoms with van der Waals surface area (Å²) in [6, 6.07) is 10.6. The van der Waals surface area contributed by atoms with Gasteiger partial charge in [-0.2, -0.15) is 0 Å². The van der Waals surface area contributed by atoms with Crippen molar-refractivity contribution in [1.29, 1.82) is 0 Å². The van der Waals surface area contributed by atoms with Crippen LogP contribution in [0.2, 0.25) is 0 Å². The predicted molar refractivity (Wildman–Crippen MR) is 108 cm³/mol. The van der Waals surface area contributed by atoms with Crippen molar-refractivity contribution in [3.05, 3.63) is 42.0 Å². The summed E-state index contributed by atoms with van der Waals surface area (Å²) < 4.78 is 15.8. The topological polar surface area (TPSA) is 85.9 Å². The third-order valence-electron chi connectivity index (χ3n) is 4.37. The zero-order valence-electron chi connectivity index (χ0n) is 17.0. The zero-order chi connectivity index (χ0) is 20.9. The molecule has 2 rings (SSSR count). The van der Waals surface area contributed by atoms with Crippen LogP contribution in [0.15, 0.2) is 36.4 Å². The average molecular weight is 386 g/mol. The van der Waals surface area contributed by atoms with Crippen LogP contribution in [-0.2, 0) is 9.59 Å². The van der Waals surface area contributed by atoms with Gasteiger partial charge in [0, 0.05) is 23.5 Å². The minimum atomic E-state index is -1.31. The summed E-state index contributed by atoms with van der Waals surface area (Å²) in [5.74, 6) is 0.338. The van der Waals surface area contributed by atoms with E-state index in [0.29, 0.717) is 28.6 Å². The lowest BCUT2D eigenvalue weighted by molar-refractivity contribution is -0.135. The summed E-state index contributed by atoms with van der Waals surface area (Å²) >= 11 is 0. The van der Waals surface area contributed by atoms with Crippen molar-refractivity contribution in [1.82, 2.24) is 0 Å². The van der Waals surface area contributed by atoms with Gasteiger partial charge in [-0.3, -0.25) is 9.59 Å². The van der Waals surface area contributed by atoms with E-state index in [9.17, 15) is 9.59 Å². The molecule has 7 heteroatoms. The molecule has 2 aromatic rings. The first-order chi connectivity index (χ1) is 13.2. The maximum absolute atomic E-state index is 12.8. The Balaban J connectivity index is 2.20. The first kappa shape index (κ1) is 21.1. The monoisotopic (exact) mass is 386 g/mol. The summed E-state index contributed by atoms with van der Waals surface area (Å²) in [7, 11) is 4.47. The molecule has 7 nitrogen and oxygen atoms in total. The van der Waals surface area contributed by atoms with E-state index in [4.69, 9.17) is 14.2 Å². The molecule has 0 bridgehead atoms. The standard InChI is InChI=1S/C21H26N2O5/c1-13-7-9-14(10-8-13)22-19(24)21(2,3)20(25)23-15-11-16(26-4)18(28-6)17(12-15)27-5/h7-12H,1-6H3,(H,22,24)(H,23,25). The van der Waals surface area contributed by atoms with E-state index in [1.807, 2.05) is 19.1 Å². The van der Waals surface area contributed by atoms with Gasteiger partial charge in [0.2, 0.25) is 17.6 Å². The van der Waals surface area contributed by atoms with Crippen LogP contribution in [0.1, 0.15) is 19.4 Å². The molecule has 2 N–H and O–H groups in total. The van der Waals surface area contributed by atoms with Crippen molar-refractivity contribution < 1.29 is 23.8 Å². The number of carbonyl (C=O) groups excluding carboxylic acids is 2. The second kappa shape index (κ2) is 8.65. The third-order valence-corrected chi connectivity index (χ3v) is 4.37. The van der Waals surface area contributed by atoms with E-state index in [1.165, 1.54) is 21.3 Å². The normalized spacial score (nSPS) is 10.8. The van der Waals surface area contributed by atoms with Crippen molar-refractivity contribution in [3.8, 4) is 17.2 Å². The lowest BCUT2D eigenvalue weighted by Gasteiger charge is -2.23. The van der Waals surface area contributed by atoms with E-state index in [2.05, 4.69) is 10.6 Å². The number of hydrogen-bond donors (Lipinski definition) is 2. The SMILES string of the molecule is COc1cc(NC(=O)C(C)(C)C(=O)Nc2ccc(C)cc2)cc(OC)c1OC. The molecule has 0 radical (unpaired) electrons. The summed E-state index contributed by atoms with van der Waals surface area (Å²) in [6.45, 7) is 5.08. The molecule has 0 saturated heterocycles. The average Bonchev–Trinajstić information content (AvgIpc) is 2.68. The van der Waals surface area contributed by atoms with E-state index in [0.717, 1.165) is 5.56 Å². The van der Waals surface area contributed by atoms with E-state index >= 15 is 0 Å². The molecule has 150 valence electrons. The van der Waals surface area contributed by atoms with Crippen LogP contribution in [-0.4, -0.2) is 33.1 Å². The summed E-state index contributed by atoms with van der Waals surface area (Å²) in [4.78, 5) is 25.4. The van der Waals surface area contributed by atoms with Crippen LogP contribution in [0, 0.1) is 12.3 Å². The quantitative estimate of drug-likeness (QED) is 0.710. The maximum Gasteiger partial charge on any atom is 0.239 e. The molecule has 0 aliphatic carbocycles. The molecule has 0 aliphatic rings. The number of aryl methyl sites for hydroxylation is 1. The first-order valence-electron chi connectivity index (χ1n) is 8.72. The zero-order valence-corrected chi connectivity index (χ0v) is 17.0. The third kappa shape index (κ3) is 4.54. The Labute approximate surface area is 165 Å². The lowest BCUT2D eigenvalue weighted by Crippen LogP contribution is -2.41. The molecule has 0 fully saturated rings. The maximum atomic E-state index is 12.8. The Morgan fingerprint density at radius 3 is 1.68 bits per heavy atom. The highest BCUT2D eigenvalue weighted by Gasteiger charge is 2.36. The van der Waals surface area contributed by atoms with Crippen LogP contribution >= 0.6 is 0 Å². The van der Waals surface area contributed by atoms with Gasteiger partial charge in [-0.15, -0.1) is 0 Å². The Kier molecular flexibility index (Phi) is 6.51. The minimum absolute atomic E-state index is 0.402. The van der Waals surface area contributed by atoms with Crippen LogP contribution in [0.3, 0.4) is 0 Å². The molecule has 0 saturated carbocycles. The van der Waals surface area contributed by atoms with Gasteiger partial charge in [0.25, 0.3) is 0 Å². The summed E-state index contributed by atoms with van der Waals surface area (Å²) in [5.41, 5.74) is 0.822. The van der Waals surface area contributed by atoms with Crippen molar-refractivity contribution in [2.45, 2.75) is 20.8 Å². The molecule has 0 unspecified atom stereocenters. The predicted octanol–water partition coefficient (Wildman–Crippen LogP) is 3.62.